The Kier molecular flexibility index (Phi) is 11.5. The van der Waals surface area contributed by atoms with Crippen LogP contribution < -0.4 is 5.73 Å². The summed E-state index contributed by atoms with van der Waals surface area (Å²) in [4.78, 5) is 4.22. The Bertz CT molecular complexity index is 800. The van der Waals surface area contributed by atoms with E-state index in [4.69, 9.17) is 19.3 Å². The van der Waals surface area contributed by atoms with Crippen molar-refractivity contribution in [1.82, 2.24) is 4.98 Å². The molecule has 37 heavy (non-hydrogen) atoms. The first-order valence-corrected chi connectivity index (χ1v) is 19.1. The van der Waals surface area contributed by atoms with Gasteiger partial charge in [0, 0.05) is 18.2 Å². The first kappa shape index (κ1) is 32.5. The summed E-state index contributed by atoms with van der Waals surface area (Å²) in [5.41, 5.74) is 11.1. The van der Waals surface area contributed by atoms with E-state index < -0.39 is 16.6 Å². The molecule has 1 fully saturated rings. The highest BCUT2D eigenvalue weighted by Gasteiger charge is 2.54. The van der Waals surface area contributed by atoms with Crippen molar-refractivity contribution >= 4 is 22.3 Å². The minimum Gasteiger partial charge on any atom is -0.410 e. The Morgan fingerprint density at radius 1 is 0.838 bits per heavy atom. The maximum absolute atomic E-state index is 7.58. The molecule has 7 heteroatoms. The fraction of sp³-hybridized carbons (Fsp3) is 0.833. The van der Waals surface area contributed by atoms with Crippen molar-refractivity contribution < 1.29 is 13.6 Å². The summed E-state index contributed by atoms with van der Waals surface area (Å²) in [5, 5.41) is 0. The van der Waals surface area contributed by atoms with E-state index in [9.17, 15) is 0 Å². The molecule has 1 aliphatic rings. The molecule has 214 valence electrons. The third-order valence-corrected chi connectivity index (χ3v) is 21.5. The van der Waals surface area contributed by atoms with Gasteiger partial charge in [-0.2, -0.15) is 0 Å². The van der Waals surface area contributed by atoms with E-state index in [1.54, 1.807) is 6.20 Å². The lowest BCUT2D eigenvalue weighted by atomic mass is 9.92. The highest BCUT2D eigenvalue weighted by molar-refractivity contribution is 6.78. The van der Waals surface area contributed by atoms with Gasteiger partial charge >= 0.3 is 0 Å². The number of rotatable bonds is 12. The molecule has 2 rings (SSSR count). The maximum atomic E-state index is 7.58. The van der Waals surface area contributed by atoms with E-state index in [2.05, 4.69) is 95.0 Å². The number of nitrogen functional groups attached to an aromatic ring is 1. The number of aromatic nitrogens is 1. The molecule has 0 saturated carbocycles. The Balaban J connectivity index is 2.67. The number of hydrogen-bond acceptors (Lipinski definition) is 5. The van der Waals surface area contributed by atoms with Crippen molar-refractivity contribution in [1.29, 1.82) is 0 Å². The normalized spacial score (nSPS) is 23.9. The van der Waals surface area contributed by atoms with Gasteiger partial charge < -0.3 is 19.3 Å². The van der Waals surface area contributed by atoms with E-state index in [0.29, 0.717) is 38.9 Å². The van der Waals surface area contributed by atoms with Crippen LogP contribution >= 0.6 is 0 Å². The quantitative estimate of drug-likeness (QED) is 0.263. The third kappa shape index (κ3) is 6.37. The molecule has 2 heterocycles. The van der Waals surface area contributed by atoms with Gasteiger partial charge in [0.15, 0.2) is 0 Å². The Hall–Kier alpha value is -0.736. The third-order valence-electron chi connectivity index (χ3n) is 9.26. The van der Waals surface area contributed by atoms with Crippen LogP contribution in [0.25, 0.3) is 0 Å². The van der Waals surface area contributed by atoms with Crippen LogP contribution in [-0.4, -0.2) is 39.9 Å². The van der Waals surface area contributed by atoms with E-state index in [1.807, 2.05) is 12.3 Å². The minimum atomic E-state index is -2.16. The number of hydrogen-bond donors (Lipinski definition) is 1. The molecule has 0 aromatic carbocycles. The summed E-state index contributed by atoms with van der Waals surface area (Å²) in [6, 6.07) is 2.01. The molecule has 0 radical (unpaired) electrons. The first-order chi connectivity index (χ1) is 17.2. The number of nitrogens with two attached hydrogens (primary N) is 1. The lowest BCUT2D eigenvalue weighted by Gasteiger charge is -2.53. The monoisotopic (exact) mass is 550 g/mol. The summed E-state index contributed by atoms with van der Waals surface area (Å²) >= 11 is 0. The number of ether oxygens (including phenoxy) is 1. The van der Waals surface area contributed by atoms with Gasteiger partial charge in [0.2, 0.25) is 16.6 Å². The average Bonchev–Trinajstić information content (AvgIpc) is 2.79. The minimum absolute atomic E-state index is 0.0294. The second-order valence-electron chi connectivity index (χ2n) is 13.2. The Morgan fingerprint density at radius 3 is 1.70 bits per heavy atom. The van der Waals surface area contributed by atoms with Crippen LogP contribution in [0.15, 0.2) is 18.5 Å². The predicted octanol–water partition coefficient (Wildman–Crippen LogP) is 9.03. The van der Waals surface area contributed by atoms with Crippen LogP contribution in [0.2, 0.25) is 33.2 Å². The summed E-state index contributed by atoms with van der Waals surface area (Å²) in [7, 11) is -4.33. The van der Waals surface area contributed by atoms with Crippen molar-refractivity contribution in [2.75, 3.05) is 5.73 Å². The van der Waals surface area contributed by atoms with Gasteiger partial charge in [-0.1, -0.05) is 90.0 Å². The summed E-state index contributed by atoms with van der Waals surface area (Å²) in [5.74, 6) is 0. The number of anilines is 1. The molecule has 4 unspecified atom stereocenters. The number of nitrogens with zero attached hydrogens (tertiary/aromatic N) is 1. The largest absolute Gasteiger partial charge is 0.410 e. The van der Waals surface area contributed by atoms with Crippen LogP contribution in [0, 0.1) is 0 Å². The smallest absolute Gasteiger partial charge is 0.201 e. The van der Waals surface area contributed by atoms with Crippen LogP contribution in [0.5, 0.6) is 0 Å². The van der Waals surface area contributed by atoms with Crippen molar-refractivity contribution in [3.8, 4) is 0 Å². The van der Waals surface area contributed by atoms with Crippen LogP contribution in [0.1, 0.15) is 115 Å². The van der Waals surface area contributed by atoms with Crippen LogP contribution in [-0.2, 0) is 13.6 Å². The topological polar surface area (TPSA) is 66.6 Å². The van der Waals surface area contributed by atoms with Gasteiger partial charge in [-0.25, -0.2) is 0 Å². The highest BCUT2D eigenvalue weighted by atomic mass is 28.4. The SMILES string of the molecule is CCC1OC(c2ccncc2N)CC(O[Si](C(C)C)(C(C)C)C(C)C)C1O[Si](C(C)C)(C(C)C)C(C)C. The predicted molar refractivity (Wildman–Crippen MR) is 163 cm³/mol. The van der Waals surface area contributed by atoms with Gasteiger partial charge in [0.1, 0.15) is 0 Å². The molecular formula is C30H58N2O3Si2. The van der Waals surface area contributed by atoms with E-state index in [1.165, 1.54) is 0 Å². The van der Waals surface area contributed by atoms with Crippen molar-refractivity contribution in [2.24, 2.45) is 0 Å². The zero-order chi connectivity index (χ0) is 28.3. The maximum Gasteiger partial charge on any atom is 0.201 e. The molecule has 1 aromatic heterocycles. The van der Waals surface area contributed by atoms with Gasteiger partial charge in [-0.15, -0.1) is 0 Å². The molecule has 5 nitrogen and oxygen atoms in total. The summed E-state index contributed by atoms with van der Waals surface area (Å²) in [6.45, 7) is 30.6. The molecule has 0 aliphatic carbocycles. The van der Waals surface area contributed by atoms with Gasteiger partial charge in [-0.3, -0.25) is 4.98 Å². The molecular weight excluding hydrogens is 493 g/mol. The van der Waals surface area contributed by atoms with Gasteiger partial charge in [-0.05, 0) is 45.7 Å². The van der Waals surface area contributed by atoms with Gasteiger partial charge in [0.25, 0.3) is 0 Å². The molecule has 0 spiro atoms. The van der Waals surface area contributed by atoms with Crippen LogP contribution in [0.3, 0.4) is 0 Å². The summed E-state index contributed by atoms with van der Waals surface area (Å²) in [6.07, 6.45) is 4.92. The lowest BCUT2D eigenvalue weighted by Crippen LogP contribution is -2.61. The van der Waals surface area contributed by atoms with Crippen molar-refractivity contribution in [2.45, 2.75) is 161 Å². The molecule has 4 atom stereocenters. The molecule has 0 bridgehead atoms. The molecule has 0 amide bonds. The second kappa shape index (κ2) is 13.1. The Labute approximate surface area is 230 Å². The first-order valence-electron chi connectivity index (χ1n) is 14.9. The standard InChI is InChI=1S/C30H58N2O3Si2/c1-14-27-30(35-37(22(8)9,23(10)11)24(12)13)29(34-36(19(2)3,20(4)5)21(6)7)17-28(33-27)25-15-16-32-18-26(25)31/h15-16,18-24,27-30H,14,17,31H2,1-13H3. The zero-order valence-corrected chi connectivity index (χ0v) is 28.2. The fourth-order valence-corrected chi connectivity index (χ4v) is 18.9. The molecule has 1 aromatic rings. The average molecular weight is 551 g/mol. The van der Waals surface area contributed by atoms with E-state index in [0.717, 1.165) is 18.4 Å². The Morgan fingerprint density at radius 2 is 1.30 bits per heavy atom. The van der Waals surface area contributed by atoms with Crippen molar-refractivity contribution in [3.05, 3.63) is 24.0 Å². The van der Waals surface area contributed by atoms with E-state index in [-0.39, 0.29) is 24.4 Å². The molecule has 1 saturated heterocycles. The summed E-state index contributed by atoms with van der Waals surface area (Å²) < 4.78 is 22.0. The molecule has 2 N–H and O–H groups in total. The van der Waals surface area contributed by atoms with Crippen molar-refractivity contribution in [3.63, 3.8) is 0 Å². The zero-order valence-electron chi connectivity index (χ0n) is 26.2. The second-order valence-corrected chi connectivity index (χ2v) is 24.0. The lowest BCUT2D eigenvalue weighted by molar-refractivity contribution is -0.162. The van der Waals surface area contributed by atoms with E-state index >= 15 is 0 Å². The fourth-order valence-electron chi connectivity index (χ4n) is 7.75. The molecule has 1 aliphatic heterocycles. The number of pyridine rings is 1. The van der Waals surface area contributed by atoms with Crippen LogP contribution in [0.4, 0.5) is 5.69 Å². The van der Waals surface area contributed by atoms with Gasteiger partial charge in [0.05, 0.1) is 36.3 Å². The highest BCUT2D eigenvalue weighted by Crippen LogP contribution is 2.50.